The lowest BCUT2D eigenvalue weighted by Crippen LogP contribution is -2.51. The number of ether oxygens (including phenoxy) is 1. The van der Waals surface area contributed by atoms with Crippen LogP contribution < -0.4 is 0 Å². The van der Waals surface area contributed by atoms with E-state index in [0.29, 0.717) is 24.0 Å². The predicted molar refractivity (Wildman–Crippen MR) is 111 cm³/mol. The molecule has 0 amide bonds. The van der Waals surface area contributed by atoms with Crippen LogP contribution in [0, 0.1) is 28.6 Å². The monoisotopic (exact) mass is 386 g/mol. The first-order valence-corrected chi connectivity index (χ1v) is 11.8. The molecule has 4 aliphatic rings. The molecular formula is C25H38O3. The molecule has 0 radical (unpaired) electrons. The van der Waals surface area contributed by atoms with Gasteiger partial charge in [0.25, 0.3) is 0 Å². The van der Waals surface area contributed by atoms with Gasteiger partial charge in [0, 0.05) is 18.3 Å². The molecule has 0 unspecified atom stereocenters. The number of carbonyl (C=O) groups excluding carboxylic acids is 2. The minimum Gasteiger partial charge on any atom is -0.462 e. The Labute approximate surface area is 170 Å². The van der Waals surface area contributed by atoms with Gasteiger partial charge in [-0.05, 0) is 80.6 Å². The fourth-order valence-corrected chi connectivity index (χ4v) is 7.44. The van der Waals surface area contributed by atoms with E-state index in [1.54, 1.807) is 0 Å². The van der Waals surface area contributed by atoms with E-state index < -0.39 is 0 Å². The number of allylic oxidation sites excluding steroid dienone is 1. The normalized spacial score (nSPS) is 42.2. The van der Waals surface area contributed by atoms with Gasteiger partial charge in [-0.3, -0.25) is 9.59 Å². The lowest BCUT2D eigenvalue weighted by atomic mass is 9.47. The molecule has 3 saturated carbocycles. The van der Waals surface area contributed by atoms with Crippen LogP contribution in [-0.4, -0.2) is 17.9 Å². The van der Waals surface area contributed by atoms with Crippen molar-refractivity contribution in [3.63, 3.8) is 0 Å². The number of carbonyl (C=O) groups is 2. The summed E-state index contributed by atoms with van der Waals surface area (Å²) in [5, 5.41) is 0. The van der Waals surface area contributed by atoms with E-state index in [1.807, 2.05) is 6.08 Å². The summed E-state index contributed by atoms with van der Waals surface area (Å²) >= 11 is 0. The summed E-state index contributed by atoms with van der Waals surface area (Å²) in [5.74, 6) is 2.47. The summed E-state index contributed by atoms with van der Waals surface area (Å²) in [6.07, 6.45) is 14.6. The molecule has 0 N–H and O–H groups in total. The number of ketones is 1. The Morgan fingerprint density at radius 2 is 1.89 bits per heavy atom. The standard InChI is InChI=1S/C25H38O3/c1-4-5-6-7-23(27)28-22-11-10-20-19-9-8-17-16-18(26)12-14-24(17,2)21(19)13-15-25(20,22)3/h16,19-22H,4-15H2,1-3H3/t19-,20-,21-,22-,24-,25-/m0/s1. The summed E-state index contributed by atoms with van der Waals surface area (Å²) in [7, 11) is 0. The molecule has 3 heteroatoms. The number of fused-ring (bicyclic) bond motifs is 5. The zero-order valence-corrected chi connectivity index (χ0v) is 18.1. The lowest BCUT2D eigenvalue weighted by molar-refractivity contribution is -0.160. The predicted octanol–water partition coefficient (Wildman–Crippen LogP) is 6.01. The van der Waals surface area contributed by atoms with Crippen molar-refractivity contribution in [2.45, 2.75) is 104 Å². The van der Waals surface area contributed by atoms with Crippen LogP contribution in [0.2, 0.25) is 0 Å². The maximum Gasteiger partial charge on any atom is 0.306 e. The van der Waals surface area contributed by atoms with E-state index in [4.69, 9.17) is 4.74 Å². The van der Waals surface area contributed by atoms with Gasteiger partial charge in [0.15, 0.2) is 5.78 Å². The number of esters is 1. The topological polar surface area (TPSA) is 43.4 Å². The highest BCUT2D eigenvalue weighted by molar-refractivity contribution is 5.91. The number of rotatable bonds is 5. The molecule has 0 heterocycles. The smallest absolute Gasteiger partial charge is 0.306 e. The second-order valence-corrected chi connectivity index (χ2v) is 10.5. The molecule has 3 fully saturated rings. The van der Waals surface area contributed by atoms with Crippen molar-refractivity contribution >= 4 is 11.8 Å². The highest BCUT2D eigenvalue weighted by Crippen LogP contribution is 2.65. The fourth-order valence-electron chi connectivity index (χ4n) is 7.44. The highest BCUT2D eigenvalue weighted by atomic mass is 16.5. The van der Waals surface area contributed by atoms with Gasteiger partial charge in [0.2, 0.25) is 0 Å². The van der Waals surface area contributed by atoms with Crippen molar-refractivity contribution in [2.75, 3.05) is 0 Å². The van der Waals surface area contributed by atoms with Crippen molar-refractivity contribution in [1.29, 1.82) is 0 Å². The molecular weight excluding hydrogens is 348 g/mol. The van der Waals surface area contributed by atoms with Gasteiger partial charge < -0.3 is 4.74 Å². The van der Waals surface area contributed by atoms with Crippen LogP contribution in [0.1, 0.15) is 97.8 Å². The highest BCUT2D eigenvalue weighted by Gasteiger charge is 2.59. The summed E-state index contributed by atoms with van der Waals surface area (Å²) in [4.78, 5) is 24.4. The first-order chi connectivity index (χ1) is 13.4. The van der Waals surface area contributed by atoms with Crippen LogP contribution in [0.15, 0.2) is 11.6 Å². The number of unbranched alkanes of at least 4 members (excludes halogenated alkanes) is 2. The summed E-state index contributed by atoms with van der Waals surface area (Å²) < 4.78 is 6.06. The van der Waals surface area contributed by atoms with Crippen molar-refractivity contribution in [1.82, 2.24) is 0 Å². The van der Waals surface area contributed by atoms with E-state index in [2.05, 4.69) is 20.8 Å². The molecule has 0 aromatic carbocycles. The van der Waals surface area contributed by atoms with Crippen LogP contribution in [0.4, 0.5) is 0 Å². The zero-order valence-electron chi connectivity index (χ0n) is 18.1. The van der Waals surface area contributed by atoms with Crippen LogP contribution in [0.25, 0.3) is 0 Å². The van der Waals surface area contributed by atoms with E-state index >= 15 is 0 Å². The molecule has 0 aromatic rings. The lowest BCUT2D eigenvalue weighted by Gasteiger charge is -2.57. The SMILES string of the molecule is CCCCCC(=O)O[C@H]1CC[C@H]2[C@@H]3CCC4=CC(=O)CC[C@]4(C)[C@H]3CC[C@]12C. The molecule has 156 valence electrons. The second-order valence-electron chi connectivity index (χ2n) is 10.5. The van der Waals surface area contributed by atoms with Gasteiger partial charge in [-0.2, -0.15) is 0 Å². The Morgan fingerprint density at radius 3 is 2.68 bits per heavy atom. The third-order valence-electron chi connectivity index (χ3n) is 9.13. The number of hydrogen-bond acceptors (Lipinski definition) is 3. The molecule has 0 spiro atoms. The summed E-state index contributed by atoms with van der Waals surface area (Å²) in [6, 6.07) is 0. The molecule has 28 heavy (non-hydrogen) atoms. The Balaban J connectivity index is 1.47. The van der Waals surface area contributed by atoms with Crippen LogP contribution in [0.3, 0.4) is 0 Å². The number of hydrogen-bond donors (Lipinski definition) is 0. The van der Waals surface area contributed by atoms with Crippen LogP contribution in [-0.2, 0) is 14.3 Å². The third kappa shape index (κ3) is 3.27. The average Bonchev–Trinajstić information content (AvgIpc) is 2.99. The minimum absolute atomic E-state index is 0.0223. The molecule has 0 bridgehead atoms. The molecule has 4 rings (SSSR count). The Morgan fingerprint density at radius 1 is 1.07 bits per heavy atom. The average molecular weight is 387 g/mol. The Kier molecular flexibility index (Phi) is 5.48. The Bertz CT molecular complexity index is 665. The van der Waals surface area contributed by atoms with Gasteiger partial charge in [-0.25, -0.2) is 0 Å². The first kappa shape index (κ1) is 20.2. The fraction of sp³-hybridized carbons (Fsp3) is 0.840. The summed E-state index contributed by atoms with van der Waals surface area (Å²) in [6.45, 7) is 7.01. The zero-order chi connectivity index (χ0) is 19.9. The van der Waals surface area contributed by atoms with Gasteiger partial charge in [-0.1, -0.05) is 39.2 Å². The van der Waals surface area contributed by atoms with Gasteiger partial charge >= 0.3 is 5.97 Å². The van der Waals surface area contributed by atoms with E-state index in [1.165, 1.54) is 31.3 Å². The van der Waals surface area contributed by atoms with Crippen molar-refractivity contribution in [3.05, 3.63) is 11.6 Å². The van der Waals surface area contributed by atoms with Gasteiger partial charge in [0.1, 0.15) is 6.10 Å². The van der Waals surface area contributed by atoms with Crippen LogP contribution in [0.5, 0.6) is 0 Å². The van der Waals surface area contributed by atoms with E-state index in [9.17, 15) is 9.59 Å². The molecule has 6 atom stereocenters. The molecule has 0 saturated heterocycles. The largest absolute Gasteiger partial charge is 0.462 e. The molecule has 0 aliphatic heterocycles. The summed E-state index contributed by atoms with van der Waals surface area (Å²) in [5.41, 5.74) is 1.82. The van der Waals surface area contributed by atoms with Gasteiger partial charge in [-0.15, -0.1) is 0 Å². The van der Waals surface area contributed by atoms with Crippen molar-refractivity contribution < 1.29 is 14.3 Å². The second kappa shape index (κ2) is 7.61. The maximum atomic E-state index is 12.4. The maximum absolute atomic E-state index is 12.4. The molecule has 3 nitrogen and oxygen atoms in total. The van der Waals surface area contributed by atoms with Crippen molar-refractivity contribution in [3.8, 4) is 0 Å². The first-order valence-electron chi connectivity index (χ1n) is 11.8. The van der Waals surface area contributed by atoms with E-state index in [-0.39, 0.29) is 22.9 Å². The molecule has 4 aliphatic carbocycles. The quantitative estimate of drug-likeness (QED) is 0.429. The van der Waals surface area contributed by atoms with E-state index in [0.717, 1.165) is 50.9 Å². The van der Waals surface area contributed by atoms with Gasteiger partial charge in [0.05, 0.1) is 0 Å². The molecule has 0 aromatic heterocycles. The third-order valence-corrected chi connectivity index (χ3v) is 9.13. The van der Waals surface area contributed by atoms with Crippen LogP contribution >= 0.6 is 0 Å². The minimum atomic E-state index is 0.0223. The Hall–Kier alpha value is -1.12. The van der Waals surface area contributed by atoms with Crippen molar-refractivity contribution in [2.24, 2.45) is 28.6 Å².